The lowest BCUT2D eigenvalue weighted by molar-refractivity contribution is 0.417. The third-order valence-corrected chi connectivity index (χ3v) is 5.12. The van der Waals surface area contributed by atoms with E-state index in [1.807, 2.05) is 20.8 Å². The molecule has 1 N–H and O–H groups in total. The van der Waals surface area contributed by atoms with Gasteiger partial charge in [-0.25, -0.2) is 13.1 Å². The molecular weight excluding hydrogens is 302 g/mol. The van der Waals surface area contributed by atoms with Crippen LogP contribution in [-0.2, 0) is 10.0 Å². The van der Waals surface area contributed by atoms with Crippen molar-refractivity contribution in [2.24, 2.45) is 0 Å². The lowest BCUT2D eigenvalue weighted by Gasteiger charge is -2.25. The van der Waals surface area contributed by atoms with E-state index in [4.69, 9.17) is 0 Å². The topological polar surface area (TPSA) is 46.2 Å². The van der Waals surface area contributed by atoms with Crippen molar-refractivity contribution in [1.29, 1.82) is 0 Å². The number of hydrogen-bond acceptors (Lipinski definition) is 2. The number of sulfonamides is 1. The van der Waals surface area contributed by atoms with E-state index in [1.54, 1.807) is 24.3 Å². The van der Waals surface area contributed by atoms with Gasteiger partial charge in [0.25, 0.3) is 0 Å². The molecule has 0 aromatic heterocycles. The van der Waals surface area contributed by atoms with Crippen LogP contribution in [0.2, 0.25) is 0 Å². The van der Waals surface area contributed by atoms with Crippen LogP contribution in [0.3, 0.4) is 0 Å². The quantitative estimate of drug-likeness (QED) is 0.905. The third kappa shape index (κ3) is 4.08. The van der Waals surface area contributed by atoms with Gasteiger partial charge in [-0.3, -0.25) is 0 Å². The standard InChI is InChI=1S/C12H18BrNO2S/c1-4-9-12(2,3)14-17(15,16)11-8-6-5-7-10(11)13/h5-8,14H,4,9H2,1-3H3. The van der Waals surface area contributed by atoms with Gasteiger partial charge in [0.2, 0.25) is 10.0 Å². The zero-order valence-corrected chi connectivity index (χ0v) is 12.7. The Morgan fingerprint density at radius 2 is 1.88 bits per heavy atom. The fourth-order valence-corrected chi connectivity index (χ4v) is 4.20. The summed E-state index contributed by atoms with van der Waals surface area (Å²) in [5.74, 6) is 0. The maximum Gasteiger partial charge on any atom is 0.242 e. The van der Waals surface area contributed by atoms with Crippen LogP contribution in [0.4, 0.5) is 0 Å². The molecule has 1 aromatic carbocycles. The van der Waals surface area contributed by atoms with Crippen LogP contribution in [0.15, 0.2) is 33.6 Å². The van der Waals surface area contributed by atoms with Crippen LogP contribution in [0.5, 0.6) is 0 Å². The Bertz CT molecular complexity index is 483. The van der Waals surface area contributed by atoms with Crippen LogP contribution >= 0.6 is 15.9 Å². The minimum atomic E-state index is -3.47. The van der Waals surface area contributed by atoms with E-state index in [2.05, 4.69) is 20.7 Å². The molecule has 0 aliphatic carbocycles. The molecular formula is C12H18BrNO2S. The van der Waals surface area contributed by atoms with Crippen LogP contribution < -0.4 is 4.72 Å². The molecule has 0 spiro atoms. The molecule has 0 heterocycles. The molecule has 0 aliphatic rings. The van der Waals surface area contributed by atoms with E-state index in [0.29, 0.717) is 4.47 Å². The Kier molecular flexibility index (Phi) is 4.75. The highest BCUT2D eigenvalue weighted by atomic mass is 79.9. The van der Waals surface area contributed by atoms with E-state index >= 15 is 0 Å². The molecule has 0 bridgehead atoms. The average molecular weight is 320 g/mol. The van der Waals surface area contributed by atoms with Crippen molar-refractivity contribution in [3.8, 4) is 0 Å². The van der Waals surface area contributed by atoms with Crippen LogP contribution in [0.25, 0.3) is 0 Å². The van der Waals surface area contributed by atoms with Crippen molar-refractivity contribution in [3.05, 3.63) is 28.7 Å². The van der Waals surface area contributed by atoms with Crippen molar-refractivity contribution in [2.75, 3.05) is 0 Å². The monoisotopic (exact) mass is 319 g/mol. The molecule has 0 amide bonds. The van der Waals surface area contributed by atoms with Crippen molar-refractivity contribution >= 4 is 26.0 Å². The largest absolute Gasteiger partial charge is 0.242 e. The SMILES string of the molecule is CCCC(C)(C)NS(=O)(=O)c1ccccc1Br. The number of halogens is 1. The molecule has 0 atom stereocenters. The number of hydrogen-bond donors (Lipinski definition) is 1. The third-order valence-electron chi connectivity index (χ3n) is 2.41. The maximum absolute atomic E-state index is 12.2. The summed E-state index contributed by atoms with van der Waals surface area (Å²) < 4.78 is 27.7. The molecule has 5 heteroatoms. The van der Waals surface area contributed by atoms with Crippen LogP contribution in [-0.4, -0.2) is 14.0 Å². The molecule has 96 valence electrons. The molecule has 0 saturated heterocycles. The summed E-state index contributed by atoms with van der Waals surface area (Å²) in [6, 6.07) is 6.82. The van der Waals surface area contributed by atoms with Crippen molar-refractivity contribution in [1.82, 2.24) is 4.72 Å². The zero-order chi connectivity index (χ0) is 13.1. The van der Waals surface area contributed by atoms with Gasteiger partial charge in [-0.05, 0) is 48.3 Å². The first-order valence-electron chi connectivity index (χ1n) is 5.57. The molecule has 1 rings (SSSR count). The van der Waals surface area contributed by atoms with Gasteiger partial charge in [-0.15, -0.1) is 0 Å². The van der Waals surface area contributed by atoms with Gasteiger partial charge in [0.05, 0.1) is 4.90 Å². The highest BCUT2D eigenvalue weighted by Crippen LogP contribution is 2.23. The highest BCUT2D eigenvalue weighted by molar-refractivity contribution is 9.10. The number of nitrogens with one attached hydrogen (secondary N) is 1. The summed E-state index contributed by atoms with van der Waals surface area (Å²) in [6.07, 6.45) is 1.74. The average Bonchev–Trinajstić information content (AvgIpc) is 2.15. The first-order chi connectivity index (χ1) is 7.78. The molecule has 1 aromatic rings. The smallest absolute Gasteiger partial charge is 0.207 e. The second-order valence-electron chi connectivity index (χ2n) is 4.67. The molecule has 0 radical (unpaired) electrons. The van der Waals surface area contributed by atoms with Crippen molar-refractivity contribution in [3.63, 3.8) is 0 Å². The van der Waals surface area contributed by atoms with Gasteiger partial charge in [0.1, 0.15) is 0 Å². The summed E-state index contributed by atoms with van der Waals surface area (Å²) in [5.41, 5.74) is -0.428. The second-order valence-corrected chi connectivity index (χ2v) is 7.17. The van der Waals surface area contributed by atoms with Gasteiger partial charge in [0, 0.05) is 10.0 Å². The van der Waals surface area contributed by atoms with Crippen LogP contribution in [0, 0.1) is 0 Å². The predicted molar refractivity (Wildman–Crippen MR) is 73.5 cm³/mol. The van der Waals surface area contributed by atoms with Gasteiger partial charge >= 0.3 is 0 Å². The molecule has 0 unspecified atom stereocenters. The number of benzene rings is 1. The Morgan fingerprint density at radius 1 is 1.29 bits per heavy atom. The first kappa shape index (κ1) is 14.7. The lowest BCUT2D eigenvalue weighted by Crippen LogP contribution is -2.43. The van der Waals surface area contributed by atoms with E-state index in [9.17, 15) is 8.42 Å². The fourth-order valence-electron chi connectivity index (χ4n) is 1.76. The molecule has 0 fully saturated rings. The lowest BCUT2D eigenvalue weighted by atomic mass is 10.0. The molecule has 3 nitrogen and oxygen atoms in total. The summed E-state index contributed by atoms with van der Waals surface area (Å²) >= 11 is 3.26. The summed E-state index contributed by atoms with van der Waals surface area (Å²) in [7, 11) is -3.47. The minimum Gasteiger partial charge on any atom is -0.207 e. The second kappa shape index (κ2) is 5.50. The maximum atomic E-state index is 12.2. The first-order valence-corrected chi connectivity index (χ1v) is 7.84. The Balaban J connectivity index is 3.02. The molecule has 17 heavy (non-hydrogen) atoms. The molecule has 0 aliphatic heterocycles. The van der Waals surface area contributed by atoms with Gasteiger partial charge in [-0.1, -0.05) is 25.5 Å². The van der Waals surface area contributed by atoms with Crippen molar-refractivity contribution < 1.29 is 8.42 Å². The number of rotatable bonds is 5. The van der Waals surface area contributed by atoms with Gasteiger partial charge in [0.15, 0.2) is 0 Å². The predicted octanol–water partition coefficient (Wildman–Crippen LogP) is 3.31. The summed E-state index contributed by atoms with van der Waals surface area (Å²) in [6.45, 7) is 5.82. The van der Waals surface area contributed by atoms with Crippen LogP contribution in [0.1, 0.15) is 33.6 Å². The van der Waals surface area contributed by atoms with E-state index in [-0.39, 0.29) is 4.90 Å². The zero-order valence-electron chi connectivity index (χ0n) is 10.3. The Labute approximate surface area is 112 Å². The van der Waals surface area contributed by atoms with Gasteiger partial charge in [-0.2, -0.15) is 0 Å². The fraction of sp³-hybridized carbons (Fsp3) is 0.500. The Morgan fingerprint density at radius 3 is 2.41 bits per heavy atom. The Hall–Kier alpha value is -0.390. The van der Waals surface area contributed by atoms with E-state index in [0.717, 1.165) is 12.8 Å². The van der Waals surface area contributed by atoms with Crippen molar-refractivity contribution in [2.45, 2.75) is 44.0 Å². The normalized spacial score (nSPS) is 12.7. The summed E-state index contributed by atoms with van der Waals surface area (Å²) in [5, 5.41) is 0. The molecule has 0 saturated carbocycles. The highest BCUT2D eigenvalue weighted by Gasteiger charge is 2.26. The summed E-state index contributed by atoms with van der Waals surface area (Å²) in [4.78, 5) is 0.282. The van der Waals surface area contributed by atoms with E-state index < -0.39 is 15.6 Å². The minimum absolute atomic E-state index is 0.282. The van der Waals surface area contributed by atoms with Gasteiger partial charge < -0.3 is 0 Å². The van der Waals surface area contributed by atoms with E-state index in [1.165, 1.54) is 0 Å².